The van der Waals surface area contributed by atoms with E-state index in [1.54, 1.807) is 11.3 Å². The van der Waals surface area contributed by atoms with E-state index in [9.17, 15) is 0 Å². The minimum Gasteiger partial charge on any atom is -0.327 e. The number of hydrogen-bond acceptors (Lipinski definition) is 3. The third kappa shape index (κ3) is 3.06. The molecule has 1 aromatic heterocycles. The van der Waals surface area contributed by atoms with E-state index < -0.39 is 0 Å². The highest BCUT2D eigenvalue weighted by Gasteiger charge is 2.25. The zero-order chi connectivity index (χ0) is 11.5. The lowest BCUT2D eigenvalue weighted by Crippen LogP contribution is -2.46. The Hall–Kier alpha value is 0.1000. The average Bonchev–Trinajstić information content (AvgIpc) is 2.67. The molecule has 0 aromatic carbocycles. The zero-order valence-corrected chi connectivity index (χ0v) is 12.1. The molecule has 2 atom stereocenters. The van der Waals surface area contributed by atoms with Crippen LogP contribution in [0.4, 0.5) is 0 Å². The van der Waals surface area contributed by atoms with Gasteiger partial charge >= 0.3 is 0 Å². The number of piperidine rings is 1. The molecule has 0 amide bonds. The fourth-order valence-electron chi connectivity index (χ4n) is 2.39. The van der Waals surface area contributed by atoms with E-state index in [2.05, 4.69) is 39.2 Å². The first kappa shape index (κ1) is 12.6. The van der Waals surface area contributed by atoms with E-state index in [-0.39, 0.29) is 0 Å². The van der Waals surface area contributed by atoms with Crippen LogP contribution in [0.3, 0.4) is 0 Å². The highest BCUT2D eigenvalue weighted by molar-refractivity contribution is 9.11. The monoisotopic (exact) mass is 302 g/mol. The Balaban J connectivity index is 1.91. The molecule has 4 heteroatoms. The van der Waals surface area contributed by atoms with Gasteiger partial charge < -0.3 is 5.73 Å². The Labute approximate surface area is 110 Å². The van der Waals surface area contributed by atoms with Crippen molar-refractivity contribution < 1.29 is 0 Å². The van der Waals surface area contributed by atoms with Gasteiger partial charge in [0.1, 0.15) is 0 Å². The number of hydrogen-bond donors (Lipinski definition) is 1. The summed E-state index contributed by atoms with van der Waals surface area (Å²) in [7, 11) is 0. The van der Waals surface area contributed by atoms with Gasteiger partial charge in [-0.25, -0.2) is 0 Å². The molecule has 0 spiro atoms. The Morgan fingerprint density at radius 2 is 2.44 bits per heavy atom. The Morgan fingerprint density at radius 1 is 1.62 bits per heavy atom. The number of thiophene rings is 1. The molecular weight excluding hydrogens is 284 g/mol. The second-order valence-electron chi connectivity index (χ2n) is 4.62. The molecule has 0 bridgehead atoms. The second-order valence-corrected chi connectivity index (χ2v) is 6.91. The summed E-state index contributed by atoms with van der Waals surface area (Å²) in [5, 5.41) is 2.24. The van der Waals surface area contributed by atoms with Gasteiger partial charge in [-0.2, -0.15) is 0 Å². The molecule has 2 rings (SSSR count). The van der Waals surface area contributed by atoms with Gasteiger partial charge in [-0.15, -0.1) is 11.3 Å². The van der Waals surface area contributed by atoms with E-state index in [4.69, 9.17) is 5.73 Å². The van der Waals surface area contributed by atoms with Crippen molar-refractivity contribution in [2.45, 2.75) is 32.4 Å². The minimum absolute atomic E-state index is 0.412. The van der Waals surface area contributed by atoms with Crippen molar-refractivity contribution in [3.05, 3.63) is 20.8 Å². The molecule has 1 aliphatic rings. The van der Waals surface area contributed by atoms with Crippen molar-refractivity contribution in [3.8, 4) is 0 Å². The lowest BCUT2D eigenvalue weighted by atomic mass is 9.90. The van der Waals surface area contributed by atoms with Gasteiger partial charge in [-0.3, -0.25) is 4.90 Å². The van der Waals surface area contributed by atoms with Crippen LogP contribution in [0.25, 0.3) is 0 Å². The summed E-state index contributed by atoms with van der Waals surface area (Å²) in [4.78, 5) is 2.53. The summed E-state index contributed by atoms with van der Waals surface area (Å²) in [5.41, 5.74) is 7.54. The topological polar surface area (TPSA) is 29.3 Å². The molecule has 1 fully saturated rings. The van der Waals surface area contributed by atoms with Crippen molar-refractivity contribution in [2.75, 3.05) is 13.1 Å². The first-order chi connectivity index (χ1) is 7.69. The van der Waals surface area contributed by atoms with Crippen molar-refractivity contribution in [1.82, 2.24) is 4.90 Å². The lowest BCUT2D eigenvalue weighted by molar-refractivity contribution is 0.145. The molecule has 0 saturated carbocycles. The van der Waals surface area contributed by atoms with Gasteiger partial charge in [0.15, 0.2) is 0 Å². The zero-order valence-electron chi connectivity index (χ0n) is 9.66. The van der Waals surface area contributed by atoms with Gasteiger partial charge in [0.2, 0.25) is 0 Å². The largest absolute Gasteiger partial charge is 0.327 e. The highest BCUT2D eigenvalue weighted by Crippen LogP contribution is 2.24. The molecule has 1 aliphatic heterocycles. The molecule has 1 saturated heterocycles. The number of halogens is 1. The summed E-state index contributed by atoms with van der Waals surface area (Å²) in [5.74, 6) is 0.677. The van der Waals surface area contributed by atoms with Crippen molar-refractivity contribution >= 4 is 27.3 Å². The standard InChI is InChI=1S/C12H19BrN2S/c1-2-10-7-15(4-3-11(10)14)6-9-5-12(13)16-8-9/h5,8,10-11H,2-4,6-7,14H2,1H3. The predicted octanol–water partition coefficient (Wildman–Crippen LogP) is 3.07. The SMILES string of the molecule is CCC1CN(Cc2csc(Br)c2)CCC1N. The van der Waals surface area contributed by atoms with Crippen LogP contribution in [0.5, 0.6) is 0 Å². The van der Waals surface area contributed by atoms with E-state index in [0.717, 1.165) is 26.1 Å². The maximum atomic E-state index is 6.12. The van der Waals surface area contributed by atoms with Gasteiger partial charge in [0.05, 0.1) is 3.79 Å². The summed E-state index contributed by atoms with van der Waals surface area (Å²) in [6, 6.07) is 2.63. The summed E-state index contributed by atoms with van der Waals surface area (Å²) < 4.78 is 1.23. The molecule has 2 unspecified atom stereocenters. The van der Waals surface area contributed by atoms with Gasteiger partial charge in [0, 0.05) is 19.1 Å². The van der Waals surface area contributed by atoms with E-state index in [0.29, 0.717) is 12.0 Å². The van der Waals surface area contributed by atoms with Gasteiger partial charge in [0.25, 0.3) is 0 Å². The fraction of sp³-hybridized carbons (Fsp3) is 0.667. The van der Waals surface area contributed by atoms with Crippen LogP contribution in [0.15, 0.2) is 15.2 Å². The molecule has 90 valence electrons. The molecular formula is C12H19BrN2S. The summed E-state index contributed by atoms with van der Waals surface area (Å²) in [6.07, 6.45) is 2.34. The van der Waals surface area contributed by atoms with Crippen LogP contribution >= 0.6 is 27.3 Å². The highest BCUT2D eigenvalue weighted by atomic mass is 79.9. The molecule has 2 heterocycles. The molecule has 16 heavy (non-hydrogen) atoms. The normalized spacial score (nSPS) is 27.2. The Bertz CT molecular complexity index is 340. The van der Waals surface area contributed by atoms with E-state index >= 15 is 0 Å². The number of nitrogens with two attached hydrogens (primary N) is 1. The number of likely N-dealkylation sites (tertiary alicyclic amines) is 1. The van der Waals surface area contributed by atoms with Crippen LogP contribution in [0.1, 0.15) is 25.3 Å². The quantitative estimate of drug-likeness (QED) is 0.930. The van der Waals surface area contributed by atoms with Crippen LogP contribution in [0.2, 0.25) is 0 Å². The average molecular weight is 303 g/mol. The maximum Gasteiger partial charge on any atom is 0.0701 e. The van der Waals surface area contributed by atoms with Crippen LogP contribution in [0, 0.1) is 5.92 Å². The molecule has 0 aliphatic carbocycles. The van der Waals surface area contributed by atoms with Gasteiger partial charge in [-0.1, -0.05) is 13.3 Å². The molecule has 1 aromatic rings. The van der Waals surface area contributed by atoms with Crippen LogP contribution in [-0.4, -0.2) is 24.0 Å². The first-order valence-electron chi connectivity index (χ1n) is 5.90. The fourth-order valence-corrected chi connectivity index (χ4v) is 3.59. The Morgan fingerprint density at radius 3 is 3.06 bits per heavy atom. The number of rotatable bonds is 3. The first-order valence-corrected chi connectivity index (χ1v) is 7.57. The Kier molecular flexibility index (Phi) is 4.41. The second kappa shape index (κ2) is 5.63. The van der Waals surface area contributed by atoms with Crippen molar-refractivity contribution in [2.24, 2.45) is 11.7 Å². The lowest BCUT2D eigenvalue weighted by Gasteiger charge is -2.36. The predicted molar refractivity (Wildman–Crippen MR) is 73.7 cm³/mol. The minimum atomic E-state index is 0.412. The third-order valence-corrected chi connectivity index (χ3v) is 4.98. The maximum absolute atomic E-state index is 6.12. The summed E-state index contributed by atoms with van der Waals surface area (Å²) in [6.45, 7) is 5.62. The van der Waals surface area contributed by atoms with Crippen LogP contribution in [-0.2, 0) is 6.54 Å². The smallest absolute Gasteiger partial charge is 0.0701 e. The van der Waals surface area contributed by atoms with Crippen molar-refractivity contribution in [3.63, 3.8) is 0 Å². The number of nitrogens with zero attached hydrogens (tertiary/aromatic N) is 1. The summed E-state index contributed by atoms with van der Waals surface area (Å²) >= 11 is 5.28. The molecule has 0 radical (unpaired) electrons. The molecule has 2 nitrogen and oxygen atoms in total. The van der Waals surface area contributed by atoms with E-state index in [1.807, 2.05) is 0 Å². The van der Waals surface area contributed by atoms with E-state index in [1.165, 1.54) is 15.8 Å². The van der Waals surface area contributed by atoms with Gasteiger partial charge in [-0.05, 0) is 51.8 Å². The van der Waals surface area contributed by atoms with Crippen molar-refractivity contribution in [1.29, 1.82) is 0 Å². The van der Waals surface area contributed by atoms with Crippen LogP contribution < -0.4 is 5.73 Å². The third-order valence-electron chi connectivity index (χ3n) is 3.43. The molecule has 2 N–H and O–H groups in total.